The first-order valence-corrected chi connectivity index (χ1v) is 11.6. The summed E-state index contributed by atoms with van der Waals surface area (Å²) in [7, 11) is 0. The second-order valence-electron chi connectivity index (χ2n) is 8.39. The van der Waals surface area contributed by atoms with Crippen LogP contribution in [0.3, 0.4) is 0 Å². The van der Waals surface area contributed by atoms with Crippen molar-refractivity contribution < 1.29 is 29.3 Å². The van der Waals surface area contributed by atoms with Crippen LogP contribution in [0.25, 0.3) is 11.1 Å². The van der Waals surface area contributed by atoms with Gasteiger partial charge in [-0.15, -0.1) is 0 Å². The van der Waals surface area contributed by atoms with Gasteiger partial charge in [0.05, 0.1) is 17.9 Å². The molecular formula is C26H23BrN2O6. The maximum Gasteiger partial charge on any atom is 0.411 e. The molecule has 35 heavy (non-hydrogen) atoms. The Hall–Kier alpha value is -3.69. The van der Waals surface area contributed by atoms with Crippen molar-refractivity contribution in [3.8, 4) is 11.1 Å². The Labute approximate surface area is 210 Å². The van der Waals surface area contributed by atoms with Crippen LogP contribution in [0.1, 0.15) is 34.3 Å². The number of rotatable bonds is 7. The van der Waals surface area contributed by atoms with E-state index in [0.29, 0.717) is 4.47 Å². The molecule has 0 aliphatic heterocycles. The van der Waals surface area contributed by atoms with Gasteiger partial charge in [0, 0.05) is 10.4 Å². The molecule has 0 saturated carbocycles. The molecule has 3 aromatic rings. The lowest BCUT2D eigenvalue weighted by Gasteiger charge is -2.24. The van der Waals surface area contributed by atoms with Gasteiger partial charge < -0.3 is 20.3 Å². The minimum Gasteiger partial charge on any atom is -0.479 e. The number of halogens is 1. The van der Waals surface area contributed by atoms with Gasteiger partial charge in [0.1, 0.15) is 6.61 Å². The predicted molar refractivity (Wildman–Crippen MR) is 133 cm³/mol. The summed E-state index contributed by atoms with van der Waals surface area (Å²) in [6.07, 6.45) is -0.762. The molecule has 4 N–H and O–H groups in total. The summed E-state index contributed by atoms with van der Waals surface area (Å²) < 4.78 is 6.14. The number of carboxylic acid groups (broad SMARTS) is 1. The smallest absolute Gasteiger partial charge is 0.411 e. The lowest BCUT2D eigenvalue weighted by Crippen LogP contribution is -2.55. The lowest BCUT2D eigenvalue weighted by molar-refractivity contribution is -0.145. The monoisotopic (exact) mass is 538 g/mol. The molecule has 0 aromatic heterocycles. The Balaban J connectivity index is 1.50. The van der Waals surface area contributed by atoms with Crippen LogP contribution < -0.4 is 10.6 Å². The maximum atomic E-state index is 12.8. The fourth-order valence-electron chi connectivity index (χ4n) is 4.04. The van der Waals surface area contributed by atoms with E-state index in [-0.39, 0.29) is 23.8 Å². The SMILES string of the molecule is CC(CO)(NC(=O)c1ccc(Br)cc1NC(=O)OCC1c2ccccc2-c2ccccc21)C(=O)O. The molecule has 1 unspecified atom stereocenters. The van der Waals surface area contributed by atoms with Crippen molar-refractivity contribution in [1.82, 2.24) is 5.32 Å². The van der Waals surface area contributed by atoms with Crippen LogP contribution in [-0.4, -0.2) is 46.9 Å². The van der Waals surface area contributed by atoms with Crippen molar-refractivity contribution in [3.63, 3.8) is 0 Å². The van der Waals surface area contributed by atoms with Gasteiger partial charge in [0.15, 0.2) is 5.54 Å². The minimum atomic E-state index is -1.88. The first-order valence-electron chi connectivity index (χ1n) is 10.8. The van der Waals surface area contributed by atoms with E-state index < -0.39 is 30.1 Å². The summed E-state index contributed by atoms with van der Waals surface area (Å²) >= 11 is 3.30. The van der Waals surface area contributed by atoms with Crippen LogP contribution in [0.15, 0.2) is 71.2 Å². The number of anilines is 1. The summed E-state index contributed by atoms with van der Waals surface area (Å²) in [5.74, 6) is -2.29. The number of aliphatic hydroxyl groups excluding tert-OH is 1. The zero-order chi connectivity index (χ0) is 25.2. The molecule has 0 saturated heterocycles. The second kappa shape index (κ2) is 9.89. The van der Waals surface area contributed by atoms with E-state index in [1.54, 1.807) is 6.07 Å². The van der Waals surface area contributed by atoms with Crippen LogP contribution in [0.2, 0.25) is 0 Å². The Morgan fingerprint density at radius 3 is 2.17 bits per heavy atom. The number of nitrogens with one attached hydrogen (secondary N) is 2. The van der Waals surface area contributed by atoms with Crippen LogP contribution in [0, 0.1) is 0 Å². The van der Waals surface area contributed by atoms with Gasteiger partial charge in [-0.2, -0.15) is 0 Å². The van der Waals surface area contributed by atoms with Gasteiger partial charge in [-0.3, -0.25) is 10.1 Å². The van der Waals surface area contributed by atoms with E-state index in [9.17, 15) is 24.6 Å². The number of hydrogen-bond donors (Lipinski definition) is 4. The Morgan fingerprint density at radius 1 is 1.00 bits per heavy atom. The summed E-state index contributed by atoms with van der Waals surface area (Å²) in [5.41, 5.74) is 2.61. The third kappa shape index (κ3) is 4.91. The number of aliphatic carboxylic acids is 1. The fourth-order valence-corrected chi connectivity index (χ4v) is 4.40. The maximum absolute atomic E-state index is 12.8. The molecule has 2 amide bonds. The average Bonchev–Trinajstić information content (AvgIpc) is 3.16. The van der Waals surface area contributed by atoms with Gasteiger partial charge in [-0.05, 0) is 47.4 Å². The first-order chi connectivity index (χ1) is 16.7. The molecule has 0 heterocycles. The zero-order valence-corrected chi connectivity index (χ0v) is 20.3. The molecule has 1 aliphatic rings. The Morgan fingerprint density at radius 2 is 1.60 bits per heavy atom. The van der Waals surface area contributed by atoms with E-state index in [0.717, 1.165) is 22.3 Å². The van der Waals surface area contributed by atoms with E-state index >= 15 is 0 Å². The number of fused-ring (bicyclic) bond motifs is 3. The number of ether oxygens (including phenoxy) is 1. The number of hydrogen-bond acceptors (Lipinski definition) is 5. The molecule has 0 spiro atoms. The molecule has 3 aromatic carbocycles. The van der Waals surface area contributed by atoms with Crippen molar-refractivity contribution in [2.45, 2.75) is 18.4 Å². The quantitative estimate of drug-likeness (QED) is 0.354. The highest BCUT2D eigenvalue weighted by Gasteiger charge is 2.35. The molecular weight excluding hydrogens is 516 g/mol. The van der Waals surface area contributed by atoms with E-state index in [2.05, 4.69) is 26.6 Å². The van der Waals surface area contributed by atoms with E-state index in [1.165, 1.54) is 19.1 Å². The second-order valence-corrected chi connectivity index (χ2v) is 9.31. The number of aliphatic hydroxyl groups is 1. The van der Waals surface area contributed by atoms with Gasteiger partial charge in [-0.1, -0.05) is 64.5 Å². The highest BCUT2D eigenvalue weighted by Crippen LogP contribution is 2.44. The minimum absolute atomic E-state index is 0.0163. The predicted octanol–water partition coefficient (Wildman–Crippen LogP) is 4.38. The number of carbonyl (C=O) groups is 3. The fraction of sp³-hybridized carbons (Fsp3) is 0.192. The summed E-state index contributed by atoms with van der Waals surface area (Å²) in [6.45, 7) is 0.474. The first kappa shape index (κ1) is 24.4. The van der Waals surface area contributed by atoms with Crippen molar-refractivity contribution in [3.05, 3.63) is 87.9 Å². The average molecular weight is 539 g/mol. The molecule has 9 heteroatoms. The van der Waals surface area contributed by atoms with Crippen LogP contribution in [0.5, 0.6) is 0 Å². The molecule has 4 rings (SSSR count). The topological polar surface area (TPSA) is 125 Å². The van der Waals surface area contributed by atoms with Crippen LogP contribution >= 0.6 is 15.9 Å². The number of amides is 2. The normalized spacial score (nSPS) is 13.8. The van der Waals surface area contributed by atoms with Gasteiger partial charge in [0.25, 0.3) is 5.91 Å². The largest absolute Gasteiger partial charge is 0.479 e. The third-order valence-electron chi connectivity index (χ3n) is 5.98. The molecule has 1 atom stereocenters. The number of carbonyl (C=O) groups excluding carboxylic acids is 2. The molecule has 0 bridgehead atoms. The standard InChI is InChI=1S/C26H23BrN2O6/c1-26(14-30,24(32)33)29-23(31)20-11-10-15(27)12-22(20)28-25(34)35-13-21-18-8-4-2-6-16(18)17-7-3-5-9-19(17)21/h2-12,21,30H,13-14H2,1H3,(H,28,34)(H,29,31)(H,32,33). The van der Waals surface area contributed by atoms with Gasteiger partial charge in [-0.25, -0.2) is 9.59 Å². The summed E-state index contributed by atoms with van der Waals surface area (Å²) in [4.78, 5) is 37.0. The molecule has 1 aliphatic carbocycles. The van der Waals surface area contributed by atoms with Crippen molar-refractivity contribution in [1.29, 1.82) is 0 Å². The Kier molecular flexibility index (Phi) is 6.90. The van der Waals surface area contributed by atoms with Crippen molar-refractivity contribution in [2.75, 3.05) is 18.5 Å². The van der Waals surface area contributed by atoms with Crippen LogP contribution in [0.4, 0.5) is 10.5 Å². The highest BCUT2D eigenvalue weighted by molar-refractivity contribution is 9.10. The molecule has 8 nitrogen and oxygen atoms in total. The highest BCUT2D eigenvalue weighted by atomic mass is 79.9. The van der Waals surface area contributed by atoms with Crippen LogP contribution in [-0.2, 0) is 9.53 Å². The van der Waals surface area contributed by atoms with Crippen molar-refractivity contribution in [2.24, 2.45) is 0 Å². The lowest BCUT2D eigenvalue weighted by atomic mass is 9.98. The van der Waals surface area contributed by atoms with Gasteiger partial charge >= 0.3 is 12.1 Å². The van der Waals surface area contributed by atoms with E-state index in [1.807, 2.05) is 48.5 Å². The van der Waals surface area contributed by atoms with Gasteiger partial charge in [0.2, 0.25) is 0 Å². The Bertz CT molecular complexity index is 1270. The molecule has 180 valence electrons. The van der Waals surface area contributed by atoms with Crippen molar-refractivity contribution >= 4 is 39.6 Å². The molecule has 0 radical (unpaired) electrons. The molecule has 0 fully saturated rings. The summed E-state index contributed by atoms with van der Waals surface area (Å²) in [6, 6.07) is 20.4. The number of carboxylic acids is 1. The van der Waals surface area contributed by atoms with E-state index in [4.69, 9.17) is 4.74 Å². The number of benzene rings is 3. The zero-order valence-electron chi connectivity index (χ0n) is 18.7. The third-order valence-corrected chi connectivity index (χ3v) is 6.48. The summed E-state index contributed by atoms with van der Waals surface area (Å²) in [5, 5.41) is 23.6.